The van der Waals surface area contributed by atoms with Gasteiger partial charge in [0.15, 0.2) is 5.16 Å². The van der Waals surface area contributed by atoms with Crippen LogP contribution in [0.2, 0.25) is 0 Å². The molecule has 0 aliphatic heterocycles. The third kappa shape index (κ3) is 1.01. The van der Waals surface area contributed by atoms with E-state index in [1.54, 1.807) is 0 Å². The van der Waals surface area contributed by atoms with Crippen molar-refractivity contribution in [3.8, 4) is 0 Å². The maximum atomic E-state index is 4.39. The number of para-hydroxylation sites is 2. The van der Waals surface area contributed by atoms with Gasteiger partial charge in [-0.15, -0.1) is 0 Å². The van der Waals surface area contributed by atoms with Crippen LogP contribution in [0.15, 0.2) is 29.4 Å². The van der Waals surface area contributed by atoms with E-state index < -0.39 is 0 Å². The fraction of sp³-hybridized carbons (Fsp3) is 0.111. The van der Waals surface area contributed by atoms with Gasteiger partial charge in [0.05, 0.1) is 11.0 Å². The van der Waals surface area contributed by atoms with Crippen molar-refractivity contribution >= 4 is 22.8 Å². The molecule has 0 fully saturated rings. The molecule has 2 rings (SSSR count). The van der Waals surface area contributed by atoms with Gasteiger partial charge in [0.2, 0.25) is 0 Å². The molecule has 61 valence electrons. The highest BCUT2D eigenvalue weighted by molar-refractivity contribution is 8.00. The van der Waals surface area contributed by atoms with Crippen molar-refractivity contribution in [3.05, 3.63) is 30.5 Å². The molecule has 0 aliphatic rings. The standard InChI is InChI=1S/C9H9N2S/c1-11-8-6-4-3-5-7(8)10-9(11)12-2/h3-6H,2H2,1H3. The first-order chi connectivity index (χ1) is 5.83. The monoisotopic (exact) mass is 177 g/mol. The molecule has 2 nitrogen and oxygen atoms in total. The van der Waals surface area contributed by atoms with E-state index in [0.717, 1.165) is 16.2 Å². The van der Waals surface area contributed by atoms with Gasteiger partial charge in [0, 0.05) is 13.3 Å². The molecule has 0 amide bonds. The van der Waals surface area contributed by atoms with E-state index in [-0.39, 0.29) is 0 Å². The van der Waals surface area contributed by atoms with Gasteiger partial charge in [-0.05, 0) is 12.1 Å². The molecule has 1 aromatic carbocycles. The van der Waals surface area contributed by atoms with Gasteiger partial charge in [-0.3, -0.25) is 0 Å². The molecule has 2 aromatic rings. The minimum Gasteiger partial charge on any atom is -0.322 e. The molecular weight excluding hydrogens is 168 g/mol. The number of hydrogen-bond acceptors (Lipinski definition) is 2. The molecule has 12 heavy (non-hydrogen) atoms. The normalized spacial score (nSPS) is 10.8. The van der Waals surface area contributed by atoms with Crippen molar-refractivity contribution in [1.29, 1.82) is 0 Å². The zero-order valence-corrected chi connectivity index (χ0v) is 7.64. The Hall–Kier alpha value is -0.960. The van der Waals surface area contributed by atoms with E-state index in [4.69, 9.17) is 0 Å². The molecule has 3 heteroatoms. The Morgan fingerprint density at radius 1 is 1.42 bits per heavy atom. The zero-order valence-electron chi connectivity index (χ0n) is 6.82. The summed E-state index contributed by atoms with van der Waals surface area (Å²) < 4.78 is 2.05. The van der Waals surface area contributed by atoms with Crippen LogP contribution in [0, 0.1) is 6.26 Å². The predicted molar refractivity (Wildman–Crippen MR) is 51.9 cm³/mol. The summed E-state index contributed by atoms with van der Waals surface area (Å²) in [6, 6.07) is 8.07. The maximum absolute atomic E-state index is 4.39. The topological polar surface area (TPSA) is 17.8 Å². The summed E-state index contributed by atoms with van der Waals surface area (Å²) in [6.07, 6.45) is 3.75. The molecule has 0 unspecified atom stereocenters. The van der Waals surface area contributed by atoms with Gasteiger partial charge >= 0.3 is 0 Å². The van der Waals surface area contributed by atoms with E-state index in [1.165, 1.54) is 11.8 Å². The van der Waals surface area contributed by atoms with Crippen LogP contribution < -0.4 is 0 Å². The number of imidazole rings is 1. The molecule has 0 atom stereocenters. The number of rotatable bonds is 1. The molecular formula is C9H9N2S. The Bertz CT molecular complexity index is 406. The number of hydrogen-bond donors (Lipinski definition) is 0. The molecule has 1 aromatic heterocycles. The Kier molecular flexibility index (Phi) is 1.81. The van der Waals surface area contributed by atoms with Crippen molar-refractivity contribution < 1.29 is 0 Å². The average Bonchev–Trinajstić information content (AvgIpc) is 2.44. The summed E-state index contributed by atoms with van der Waals surface area (Å²) in [5.74, 6) is 0. The summed E-state index contributed by atoms with van der Waals surface area (Å²) in [5.41, 5.74) is 2.19. The van der Waals surface area contributed by atoms with E-state index in [9.17, 15) is 0 Å². The Balaban J connectivity index is 2.78. The number of thioether (sulfide) groups is 1. The minimum absolute atomic E-state index is 0.955. The Morgan fingerprint density at radius 3 is 2.83 bits per heavy atom. The van der Waals surface area contributed by atoms with Crippen LogP contribution in [0.25, 0.3) is 11.0 Å². The molecule has 0 saturated carbocycles. The number of aromatic nitrogens is 2. The third-order valence-corrected chi connectivity index (χ3v) is 2.50. The average molecular weight is 177 g/mol. The second kappa shape index (κ2) is 2.83. The quantitative estimate of drug-likeness (QED) is 0.623. The van der Waals surface area contributed by atoms with Crippen molar-refractivity contribution in [1.82, 2.24) is 9.55 Å². The smallest absolute Gasteiger partial charge is 0.168 e. The predicted octanol–water partition coefficient (Wildman–Crippen LogP) is 2.46. The highest BCUT2D eigenvalue weighted by Crippen LogP contribution is 2.20. The number of benzene rings is 1. The first-order valence-corrected chi connectivity index (χ1v) is 4.65. The Morgan fingerprint density at radius 2 is 2.17 bits per heavy atom. The number of fused-ring (bicyclic) bond motifs is 1. The molecule has 0 spiro atoms. The maximum Gasteiger partial charge on any atom is 0.168 e. The molecule has 0 bridgehead atoms. The number of nitrogens with zero attached hydrogens (tertiary/aromatic N) is 2. The fourth-order valence-corrected chi connectivity index (χ4v) is 1.71. The highest BCUT2D eigenvalue weighted by atomic mass is 32.2. The lowest BCUT2D eigenvalue weighted by atomic mass is 10.3. The summed E-state index contributed by atoms with van der Waals surface area (Å²) in [4.78, 5) is 4.39. The van der Waals surface area contributed by atoms with E-state index in [2.05, 4.69) is 17.3 Å². The lowest BCUT2D eigenvalue weighted by Gasteiger charge is -1.95. The second-order valence-corrected chi connectivity index (χ2v) is 3.24. The van der Waals surface area contributed by atoms with Crippen LogP contribution in [-0.2, 0) is 7.05 Å². The summed E-state index contributed by atoms with van der Waals surface area (Å²) in [6.45, 7) is 0. The van der Waals surface area contributed by atoms with Crippen LogP contribution in [0.4, 0.5) is 0 Å². The zero-order chi connectivity index (χ0) is 8.55. The lowest BCUT2D eigenvalue weighted by Crippen LogP contribution is -1.87. The van der Waals surface area contributed by atoms with E-state index in [1.807, 2.05) is 29.8 Å². The van der Waals surface area contributed by atoms with Crippen LogP contribution in [-0.4, -0.2) is 9.55 Å². The first kappa shape index (κ1) is 7.68. The number of aryl methyl sites for hydroxylation is 1. The van der Waals surface area contributed by atoms with Crippen LogP contribution in [0.1, 0.15) is 0 Å². The third-order valence-electron chi connectivity index (χ3n) is 1.88. The van der Waals surface area contributed by atoms with Crippen molar-refractivity contribution in [2.24, 2.45) is 7.05 Å². The van der Waals surface area contributed by atoms with E-state index in [0.29, 0.717) is 0 Å². The first-order valence-electron chi connectivity index (χ1n) is 3.66. The minimum atomic E-state index is 0.955. The van der Waals surface area contributed by atoms with Gasteiger partial charge in [-0.1, -0.05) is 23.9 Å². The molecule has 0 N–H and O–H groups in total. The molecule has 0 aliphatic carbocycles. The van der Waals surface area contributed by atoms with Crippen LogP contribution >= 0.6 is 11.8 Å². The summed E-state index contributed by atoms with van der Waals surface area (Å²) in [7, 11) is 2.00. The van der Waals surface area contributed by atoms with Crippen molar-refractivity contribution in [2.75, 3.05) is 0 Å². The Labute approximate surface area is 75.6 Å². The summed E-state index contributed by atoms with van der Waals surface area (Å²) in [5, 5.41) is 0.955. The van der Waals surface area contributed by atoms with Crippen molar-refractivity contribution in [3.63, 3.8) is 0 Å². The molecule has 0 saturated heterocycles. The highest BCUT2D eigenvalue weighted by Gasteiger charge is 2.03. The van der Waals surface area contributed by atoms with Gasteiger partial charge in [-0.2, -0.15) is 0 Å². The summed E-state index contributed by atoms with van der Waals surface area (Å²) >= 11 is 1.42. The van der Waals surface area contributed by atoms with Gasteiger partial charge in [0.1, 0.15) is 0 Å². The second-order valence-electron chi connectivity index (χ2n) is 2.59. The lowest BCUT2D eigenvalue weighted by molar-refractivity contribution is 0.817. The van der Waals surface area contributed by atoms with Crippen LogP contribution in [0.3, 0.4) is 0 Å². The van der Waals surface area contributed by atoms with Gasteiger partial charge in [-0.25, -0.2) is 4.98 Å². The van der Waals surface area contributed by atoms with Gasteiger partial charge in [0.25, 0.3) is 0 Å². The van der Waals surface area contributed by atoms with E-state index >= 15 is 0 Å². The van der Waals surface area contributed by atoms with Crippen molar-refractivity contribution in [2.45, 2.75) is 5.16 Å². The van der Waals surface area contributed by atoms with Crippen LogP contribution in [0.5, 0.6) is 0 Å². The SMILES string of the molecule is [CH2]Sc1nc2ccccc2n1C. The fourth-order valence-electron chi connectivity index (χ4n) is 1.25. The molecule has 1 radical (unpaired) electrons. The van der Waals surface area contributed by atoms with Gasteiger partial charge < -0.3 is 4.57 Å². The largest absolute Gasteiger partial charge is 0.322 e. The molecule has 1 heterocycles.